The van der Waals surface area contributed by atoms with Crippen LogP contribution in [0, 0.1) is 12.3 Å². The van der Waals surface area contributed by atoms with Crippen LogP contribution in [0.2, 0.25) is 0 Å². The topological polar surface area (TPSA) is 49.6 Å². The lowest BCUT2D eigenvalue weighted by Gasteiger charge is -2.49. The summed E-state index contributed by atoms with van der Waals surface area (Å²) in [4.78, 5) is 22.0. The summed E-state index contributed by atoms with van der Waals surface area (Å²) in [5, 5.41) is 0. The molecule has 2 aliphatic heterocycles. The Bertz CT molecular complexity index is 778. The van der Waals surface area contributed by atoms with Crippen molar-refractivity contribution in [1.82, 2.24) is 14.8 Å². The molecule has 0 N–H and O–H groups in total. The van der Waals surface area contributed by atoms with Crippen molar-refractivity contribution in [2.45, 2.75) is 45.6 Å². The smallest absolute Gasteiger partial charge is 0.230 e. The molecule has 1 aromatic heterocycles. The third-order valence-corrected chi connectivity index (χ3v) is 6.33. The number of likely N-dealkylation sites (tertiary alicyclic amines) is 2. The maximum absolute atomic E-state index is 13.0. The van der Waals surface area contributed by atoms with Gasteiger partial charge in [0.25, 0.3) is 0 Å². The van der Waals surface area contributed by atoms with Gasteiger partial charge in [-0.05, 0) is 50.3 Å². The van der Waals surface area contributed by atoms with Crippen LogP contribution < -0.4 is 0 Å². The molecule has 0 saturated carbocycles. The second-order valence-electron chi connectivity index (χ2n) is 8.15. The van der Waals surface area contributed by atoms with Gasteiger partial charge in [-0.2, -0.15) is 0 Å². The van der Waals surface area contributed by atoms with E-state index >= 15 is 0 Å². The third kappa shape index (κ3) is 3.79. The van der Waals surface area contributed by atoms with Gasteiger partial charge >= 0.3 is 0 Å². The summed E-state index contributed by atoms with van der Waals surface area (Å²) in [7, 11) is 0. The first kappa shape index (κ1) is 18.2. The van der Waals surface area contributed by atoms with Crippen LogP contribution in [0.1, 0.15) is 49.3 Å². The Morgan fingerprint density at radius 1 is 1.22 bits per heavy atom. The van der Waals surface area contributed by atoms with E-state index in [2.05, 4.69) is 33.8 Å². The first-order chi connectivity index (χ1) is 13.1. The van der Waals surface area contributed by atoms with Crippen LogP contribution in [0.5, 0.6) is 0 Å². The number of carbonyl (C=O) groups excluding carboxylic acids is 1. The largest absolute Gasteiger partial charge is 0.449 e. The maximum Gasteiger partial charge on any atom is 0.230 e. The fourth-order valence-corrected chi connectivity index (χ4v) is 4.76. The molecule has 5 nitrogen and oxygen atoms in total. The zero-order valence-corrected chi connectivity index (χ0v) is 16.4. The van der Waals surface area contributed by atoms with Gasteiger partial charge in [-0.3, -0.25) is 9.69 Å². The van der Waals surface area contributed by atoms with Crippen molar-refractivity contribution in [2.75, 3.05) is 26.2 Å². The molecular weight excluding hydrogens is 338 g/mol. The van der Waals surface area contributed by atoms with Gasteiger partial charge in [0.05, 0.1) is 11.6 Å². The highest BCUT2D eigenvalue weighted by atomic mass is 16.3. The van der Waals surface area contributed by atoms with Crippen molar-refractivity contribution in [3.63, 3.8) is 0 Å². The van der Waals surface area contributed by atoms with E-state index < -0.39 is 0 Å². The highest BCUT2D eigenvalue weighted by Gasteiger charge is 2.45. The van der Waals surface area contributed by atoms with Crippen LogP contribution in [0.15, 0.2) is 41.0 Å². The number of carbonyl (C=O) groups is 1. The normalized spacial score (nSPS) is 23.1. The number of nitrogens with zero attached hydrogens (tertiary/aromatic N) is 3. The first-order valence-electron chi connectivity index (χ1n) is 10.1. The summed E-state index contributed by atoms with van der Waals surface area (Å²) >= 11 is 0. The van der Waals surface area contributed by atoms with E-state index in [4.69, 9.17) is 4.42 Å². The van der Waals surface area contributed by atoms with Crippen molar-refractivity contribution in [3.05, 3.63) is 53.7 Å². The molecule has 144 valence electrons. The molecule has 2 aromatic rings. The monoisotopic (exact) mass is 367 g/mol. The molecule has 2 aliphatic rings. The lowest BCUT2D eigenvalue weighted by Crippen LogP contribution is -2.53. The molecule has 1 amide bonds. The second kappa shape index (κ2) is 7.47. The zero-order chi connectivity index (χ0) is 18.9. The minimum absolute atomic E-state index is 0.00430. The Morgan fingerprint density at radius 2 is 1.96 bits per heavy atom. The number of amides is 1. The predicted octanol–water partition coefficient (Wildman–Crippen LogP) is 3.60. The predicted molar refractivity (Wildman–Crippen MR) is 104 cm³/mol. The lowest BCUT2D eigenvalue weighted by molar-refractivity contribution is -0.141. The number of hydrogen-bond acceptors (Lipinski definition) is 4. The van der Waals surface area contributed by atoms with E-state index in [0.717, 1.165) is 63.6 Å². The molecule has 5 heteroatoms. The van der Waals surface area contributed by atoms with Crippen molar-refractivity contribution >= 4 is 5.91 Å². The average Bonchev–Trinajstić information content (AvgIpc) is 3.11. The van der Waals surface area contributed by atoms with E-state index in [1.54, 1.807) is 6.26 Å². The van der Waals surface area contributed by atoms with Crippen LogP contribution in [0.25, 0.3) is 0 Å². The van der Waals surface area contributed by atoms with Crippen LogP contribution in [0.3, 0.4) is 0 Å². The van der Waals surface area contributed by atoms with Crippen molar-refractivity contribution in [3.8, 4) is 0 Å². The molecule has 0 unspecified atom stereocenters. The molecule has 0 radical (unpaired) electrons. The third-order valence-electron chi connectivity index (χ3n) is 6.33. The number of hydrogen-bond donors (Lipinski definition) is 0. The number of aromatic nitrogens is 1. The van der Waals surface area contributed by atoms with E-state index in [9.17, 15) is 4.79 Å². The number of rotatable bonds is 4. The van der Waals surface area contributed by atoms with E-state index in [1.165, 1.54) is 5.56 Å². The van der Waals surface area contributed by atoms with Gasteiger partial charge in [-0.25, -0.2) is 4.98 Å². The lowest BCUT2D eigenvalue weighted by atomic mass is 9.67. The van der Waals surface area contributed by atoms with Crippen LogP contribution in [-0.2, 0) is 11.3 Å². The molecule has 2 fully saturated rings. The Labute approximate surface area is 161 Å². The summed E-state index contributed by atoms with van der Waals surface area (Å²) in [6.45, 7) is 8.65. The number of likely N-dealkylation sites (N-methyl/N-ethyl adjacent to an activating group) is 1. The van der Waals surface area contributed by atoms with Crippen LogP contribution >= 0.6 is 0 Å². The van der Waals surface area contributed by atoms with E-state index in [0.29, 0.717) is 5.91 Å². The highest BCUT2D eigenvalue weighted by Crippen LogP contribution is 2.45. The second-order valence-corrected chi connectivity index (χ2v) is 8.15. The van der Waals surface area contributed by atoms with Crippen LogP contribution in [-0.4, -0.2) is 46.9 Å². The SMILES string of the molecule is CCN1CC2(CCN(Cc3coc(C)n3)CC2)C[C@@H](c2ccccc2)C1=O. The summed E-state index contributed by atoms with van der Waals surface area (Å²) in [5.41, 5.74) is 2.42. The number of oxazole rings is 1. The fourth-order valence-electron chi connectivity index (χ4n) is 4.76. The Morgan fingerprint density at radius 3 is 2.59 bits per heavy atom. The molecule has 3 heterocycles. The summed E-state index contributed by atoms with van der Waals surface area (Å²) in [6, 6.07) is 10.3. The fraction of sp³-hybridized carbons (Fsp3) is 0.545. The van der Waals surface area contributed by atoms with Gasteiger partial charge in [0.2, 0.25) is 5.91 Å². The van der Waals surface area contributed by atoms with Gasteiger partial charge in [0.15, 0.2) is 5.89 Å². The standard InChI is InChI=1S/C22H29N3O2/c1-3-25-16-22(13-20(21(25)26)18-7-5-4-6-8-18)9-11-24(12-10-22)14-19-15-27-17(2)23-19/h4-8,15,20H,3,9-14,16H2,1-2H3/t20-/m0/s1. The minimum atomic E-state index is 0.00430. The number of piperidine rings is 2. The van der Waals surface area contributed by atoms with Crippen LogP contribution in [0.4, 0.5) is 0 Å². The number of benzene rings is 1. The van der Waals surface area contributed by atoms with Crippen molar-refractivity contribution in [1.29, 1.82) is 0 Å². The first-order valence-corrected chi connectivity index (χ1v) is 10.1. The summed E-state index contributed by atoms with van der Waals surface area (Å²) in [6.07, 6.45) is 5.01. The van der Waals surface area contributed by atoms with E-state index in [-0.39, 0.29) is 11.3 Å². The van der Waals surface area contributed by atoms with Gasteiger partial charge in [0, 0.05) is 26.6 Å². The molecule has 1 aromatic carbocycles. The Balaban J connectivity index is 1.47. The molecule has 4 rings (SSSR count). The van der Waals surface area contributed by atoms with Gasteiger partial charge < -0.3 is 9.32 Å². The molecular formula is C22H29N3O2. The molecule has 1 atom stereocenters. The van der Waals surface area contributed by atoms with E-state index in [1.807, 2.05) is 25.1 Å². The molecule has 0 aliphatic carbocycles. The maximum atomic E-state index is 13.0. The average molecular weight is 367 g/mol. The number of aryl methyl sites for hydroxylation is 1. The Hall–Kier alpha value is -2.14. The zero-order valence-electron chi connectivity index (χ0n) is 16.4. The quantitative estimate of drug-likeness (QED) is 0.828. The van der Waals surface area contributed by atoms with Gasteiger partial charge in [0.1, 0.15) is 6.26 Å². The van der Waals surface area contributed by atoms with Gasteiger partial charge in [-0.15, -0.1) is 0 Å². The summed E-state index contributed by atoms with van der Waals surface area (Å²) in [5.74, 6) is 1.04. The summed E-state index contributed by atoms with van der Waals surface area (Å²) < 4.78 is 5.34. The van der Waals surface area contributed by atoms with Crippen molar-refractivity contribution < 1.29 is 9.21 Å². The molecule has 1 spiro atoms. The van der Waals surface area contributed by atoms with Crippen molar-refractivity contribution in [2.24, 2.45) is 5.41 Å². The minimum Gasteiger partial charge on any atom is -0.449 e. The Kier molecular flexibility index (Phi) is 5.04. The molecule has 27 heavy (non-hydrogen) atoms. The molecule has 2 saturated heterocycles. The van der Waals surface area contributed by atoms with Gasteiger partial charge in [-0.1, -0.05) is 30.3 Å². The highest BCUT2D eigenvalue weighted by molar-refractivity contribution is 5.84. The molecule has 0 bridgehead atoms.